The molecule has 1 aromatic heterocycles. The van der Waals surface area contributed by atoms with Crippen LogP contribution in [0.25, 0.3) is 0 Å². The van der Waals surface area contributed by atoms with Crippen molar-refractivity contribution in [2.45, 2.75) is 18.1 Å². The fraction of sp³-hybridized carbons (Fsp3) is 0.375. The summed E-state index contributed by atoms with van der Waals surface area (Å²) in [4.78, 5) is 3.93. The van der Waals surface area contributed by atoms with E-state index in [0.29, 0.717) is 10.3 Å². The molecule has 0 unspecified atom stereocenters. The fourth-order valence-electron chi connectivity index (χ4n) is 1.06. The summed E-state index contributed by atoms with van der Waals surface area (Å²) < 4.78 is 26.2. The van der Waals surface area contributed by atoms with Gasteiger partial charge < -0.3 is 0 Å². The van der Waals surface area contributed by atoms with Gasteiger partial charge in [-0.3, -0.25) is 4.72 Å². The van der Waals surface area contributed by atoms with Crippen LogP contribution < -0.4 is 4.72 Å². The van der Waals surface area contributed by atoms with Crippen molar-refractivity contribution >= 4 is 31.6 Å². The van der Waals surface area contributed by atoms with Crippen LogP contribution in [0, 0.1) is 0 Å². The molecule has 0 aliphatic heterocycles. The zero-order valence-electron chi connectivity index (χ0n) is 7.27. The minimum absolute atomic E-state index is 0.203. The lowest BCUT2D eigenvalue weighted by Gasteiger charge is -2.05. The Labute approximate surface area is 90.9 Å². The second-order valence-corrected chi connectivity index (χ2v) is 5.99. The molecule has 4 nitrogen and oxygen atoms in total. The van der Waals surface area contributed by atoms with Gasteiger partial charge in [-0.05, 0) is 40.9 Å². The number of nitrogens with zero attached hydrogens (tertiary/aromatic N) is 1. The number of rotatable bonds is 3. The zero-order valence-corrected chi connectivity index (χ0v) is 9.68. The molecule has 1 fully saturated rings. The highest BCUT2D eigenvalue weighted by atomic mass is 79.9. The number of hydrogen-bond acceptors (Lipinski definition) is 3. The highest BCUT2D eigenvalue weighted by molar-refractivity contribution is 9.10. The Morgan fingerprint density at radius 2 is 2.14 bits per heavy atom. The van der Waals surface area contributed by atoms with Crippen LogP contribution in [0.15, 0.2) is 22.9 Å². The van der Waals surface area contributed by atoms with Crippen molar-refractivity contribution < 1.29 is 8.42 Å². The van der Waals surface area contributed by atoms with Crippen LogP contribution in [-0.4, -0.2) is 18.7 Å². The summed E-state index contributed by atoms with van der Waals surface area (Å²) in [5.41, 5.74) is 0.514. The van der Waals surface area contributed by atoms with Crippen LogP contribution >= 0.6 is 15.9 Å². The maximum Gasteiger partial charge on any atom is 0.235 e. The van der Waals surface area contributed by atoms with E-state index in [0.717, 1.165) is 12.8 Å². The molecule has 1 aliphatic carbocycles. The van der Waals surface area contributed by atoms with Gasteiger partial charge in [0, 0.05) is 0 Å². The van der Waals surface area contributed by atoms with Gasteiger partial charge in [-0.2, -0.15) is 0 Å². The van der Waals surface area contributed by atoms with E-state index in [-0.39, 0.29) is 5.25 Å². The van der Waals surface area contributed by atoms with Crippen LogP contribution in [-0.2, 0) is 10.0 Å². The normalized spacial score (nSPS) is 16.6. The first-order valence-electron chi connectivity index (χ1n) is 4.21. The number of halogens is 1. The molecule has 0 amide bonds. The second kappa shape index (κ2) is 3.51. The first-order valence-corrected chi connectivity index (χ1v) is 6.55. The van der Waals surface area contributed by atoms with E-state index in [4.69, 9.17) is 0 Å². The summed E-state index contributed by atoms with van der Waals surface area (Å²) >= 11 is 3.18. The topological polar surface area (TPSA) is 59.1 Å². The molecule has 0 saturated heterocycles. The van der Waals surface area contributed by atoms with E-state index in [1.165, 1.54) is 6.20 Å². The van der Waals surface area contributed by atoms with Crippen LogP contribution in [0.2, 0.25) is 0 Å². The first-order chi connectivity index (χ1) is 6.58. The molecule has 1 saturated carbocycles. The highest BCUT2D eigenvalue weighted by Crippen LogP contribution is 2.29. The highest BCUT2D eigenvalue weighted by Gasteiger charge is 2.35. The van der Waals surface area contributed by atoms with Crippen LogP contribution in [0.1, 0.15) is 12.8 Å². The molecular weight excluding hydrogens is 268 g/mol. The van der Waals surface area contributed by atoms with Gasteiger partial charge in [-0.1, -0.05) is 0 Å². The van der Waals surface area contributed by atoms with Crippen molar-refractivity contribution in [3.05, 3.63) is 22.9 Å². The van der Waals surface area contributed by atoms with Gasteiger partial charge in [0.1, 0.15) is 4.60 Å². The van der Waals surface area contributed by atoms with Crippen molar-refractivity contribution in [3.8, 4) is 0 Å². The summed E-state index contributed by atoms with van der Waals surface area (Å²) in [6.07, 6.45) is 3.02. The Bertz CT molecular complexity index is 425. The van der Waals surface area contributed by atoms with Crippen LogP contribution in [0.4, 0.5) is 5.69 Å². The Kier molecular flexibility index (Phi) is 2.48. The molecule has 76 valence electrons. The standard InChI is InChI=1S/C8H9BrN2O2S/c9-8-4-1-6(5-10-8)11-14(12,13)7-2-3-7/h1,4-5,7,11H,2-3H2. The quantitative estimate of drug-likeness (QED) is 0.856. The molecular formula is C8H9BrN2O2S. The summed E-state index contributed by atoms with van der Waals surface area (Å²) in [5.74, 6) is 0. The van der Waals surface area contributed by atoms with Gasteiger partial charge in [-0.15, -0.1) is 0 Å². The molecule has 0 radical (unpaired) electrons. The molecule has 2 rings (SSSR count). The molecule has 14 heavy (non-hydrogen) atoms. The third-order valence-corrected chi connectivity index (χ3v) is 4.29. The number of nitrogens with one attached hydrogen (secondary N) is 1. The number of sulfonamides is 1. The van der Waals surface area contributed by atoms with Gasteiger partial charge in [0.25, 0.3) is 0 Å². The van der Waals surface area contributed by atoms with Crippen molar-refractivity contribution in [2.24, 2.45) is 0 Å². The smallest absolute Gasteiger partial charge is 0.235 e. The van der Waals surface area contributed by atoms with Crippen molar-refractivity contribution in [1.82, 2.24) is 4.98 Å². The number of pyridine rings is 1. The maximum absolute atomic E-state index is 11.5. The Morgan fingerprint density at radius 3 is 2.64 bits per heavy atom. The molecule has 1 aliphatic rings. The molecule has 0 bridgehead atoms. The molecule has 1 aromatic rings. The fourth-order valence-corrected chi connectivity index (χ4v) is 2.67. The predicted molar refractivity (Wildman–Crippen MR) is 57.5 cm³/mol. The lowest BCUT2D eigenvalue weighted by atomic mass is 10.4. The molecule has 0 spiro atoms. The molecule has 6 heteroatoms. The summed E-state index contributed by atoms with van der Waals surface area (Å²) in [7, 11) is -3.16. The Balaban J connectivity index is 2.14. The largest absolute Gasteiger partial charge is 0.282 e. The maximum atomic E-state index is 11.5. The van der Waals surface area contributed by atoms with Gasteiger partial charge in [-0.25, -0.2) is 13.4 Å². The SMILES string of the molecule is O=S(=O)(Nc1ccc(Br)nc1)C1CC1. The van der Waals surface area contributed by atoms with E-state index in [2.05, 4.69) is 25.6 Å². The summed E-state index contributed by atoms with van der Waals surface area (Å²) in [5, 5.41) is -0.203. The van der Waals surface area contributed by atoms with E-state index in [1.807, 2.05) is 0 Å². The third-order valence-electron chi connectivity index (χ3n) is 1.95. The summed E-state index contributed by atoms with van der Waals surface area (Å²) in [6, 6.07) is 3.38. The Morgan fingerprint density at radius 1 is 1.43 bits per heavy atom. The number of aromatic nitrogens is 1. The molecule has 0 atom stereocenters. The number of hydrogen-bond donors (Lipinski definition) is 1. The van der Waals surface area contributed by atoms with E-state index < -0.39 is 10.0 Å². The first kappa shape index (κ1) is 9.92. The zero-order chi connectivity index (χ0) is 10.2. The van der Waals surface area contributed by atoms with Gasteiger partial charge in [0.15, 0.2) is 0 Å². The lowest BCUT2D eigenvalue weighted by molar-refractivity contribution is 0.600. The monoisotopic (exact) mass is 276 g/mol. The number of anilines is 1. The Hall–Kier alpha value is -0.620. The van der Waals surface area contributed by atoms with Gasteiger partial charge in [0.2, 0.25) is 10.0 Å². The predicted octanol–water partition coefficient (Wildman–Crippen LogP) is 1.75. The molecule has 1 N–H and O–H groups in total. The van der Waals surface area contributed by atoms with E-state index in [1.54, 1.807) is 12.1 Å². The van der Waals surface area contributed by atoms with Crippen molar-refractivity contribution in [3.63, 3.8) is 0 Å². The second-order valence-electron chi connectivity index (χ2n) is 3.22. The average molecular weight is 277 g/mol. The van der Waals surface area contributed by atoms with Gasteiger partial charge in [0.05, 0.1) is 17.1 Å². The molecule has 0 aromatic carbocycles. The van der Waals surface area contributed by atoms with Crippen molar-refractivity contribution in [2.75, 3.05) is 4.72 Å². The van der Waals surface area contributed by atoms with Gasteiger partial charge >= 0.3 is 0 Å². The molecule has 1 heterocycles. The summed E-state index contributed by atoms with van der Waals surface area (Å²) in [6.45, 7) is 0. The van der Waals surface area contributed by atoms with E-state index >= 15 is 0 Å². The average Bonchev–Trinajstić information content (AvgIpc) is 2.91. The minimum atomic E-state index is -3.16. The van der Waals surface area contributed by atoms with Crippen LogP contribution in [0.5, 0.6) is 0 Å². The van der Waals surface area contributed by atoms with Crippen LogP contribution in [0.3, 0.4) is 0 Å². The third kappa shape index (κ3) is 2.24. The minimum Gasteiger partial charge on any atom is -0.282 e. The van der Waals surface area contributed by atoms with Crippen molar-refractivity contribution in [1.29, 1.82) is 0 Å². The lowest BCUT2D eigenvalue weighted by Crippen LogP contribution is -2.17. The van der Waals surface area contributed by atoms with E-state index in [9.17, 15) is 8.42 Å².